The first kappa shape index (κ1) is 13.4. The molecule has 20 heavy (non-hydrogen) atoms. The quantitative estimate of drug-likeness (QED) is 0.874. The van der Waals surface area contributed by atoms with Crippen LogP contribution in [0.15, 0.2) is 18.2 Å². The first-order valence-electron chi connectivity index (χ1n) is 7.64. The fourth-order valence-corrected chi connectivity index (χ4v) is 3.32. The molecule has 1 atom stereocenters. The van der Waals surface area contributed by atoms with Crippen molar-refractivity contribution in [3.05, 3.63) is 24.0 Å². The molecule has 4 nitrogen and oxygen atoms in total. The number of hydrogen-bond donors (Lipinski definition) is 1. The van der Waals surface area contributed by atoms with Crippen LogP contribution in [0.4, 0.5) is 5.69 Å². The molecule has 1 saturated heterocycles. The van der Waals surface area contributed by atoms with Gasteiger partial charge in [-0.15, -0.1) is 0 Å². The van der Waals surface area contributed by atoms with Crippen LogP contribution in [0.1, 0.15) is 38.1 Å². The van der Waals surface area contributed by atoms with Crippen molar-refractivity contribution in [1.82, 2.24) is 14.5 Å². The zero-order valence-corrected chi connectivity index (χ0v) is 12.5. The summed E-state index contributed by atoms with van der Waals surface area (Å²) in [6.07, 6.45) is 4.68. The third-order valence-corrected chi connectivity index (χ3v) is 4.22. The van der Waals surface area contributed by atoms with E-state index in [2.05, 4.69) is 29.5 Å². The van der Waals surface area contributed by atoms with Crippen molar-refractivity contribution >= 4 is 16.7 Å². The van der Waals surface area contributed by atoms with Crippen LogP contribution < -0.4 is 5.73 Å². The van der Waals surface area contributed by atoms with Gasteiger partial charge in [0.15, 0.2) is 0 Å². The number of nitrogens with zero attached hydrogens (tertiary/aromatic N) is 3. The number of aryl methyl sites for hydroxylation is 1. The number of hydrogen-bond acceptors (Lipinski definition) is 3. The number of likely N-dealkylation sites (tertiary alicyclic amines) is 1. The van der Waals surface area contributed by atoms with Crippen molar-refractivity contribution in [2.45, 2.75) is 38.6 Å². The molecule has 0 bridgehead atoms. The summed E-state index contributed by atoms with van der Waals surface area (Å²) in [7, 11) is 2.21. The lowest BCUT2D eigenvalue weighted by Crippen LogP contribution is -2.34. The van der Waals surface area contributed by atoms with E-state index in [0.29, 0.717) is 6.04 Å². The molecule has 0 aliphatic carbocycles. The lowest BCUT2D eigenvalue weighted by molar-refractivity contribution is 0.212. The van der Waals surface area contributed by atoms with E-state index >= 15 is 0 Å². The van der Waals surface area contributed by atoms with Crippen molar-refractivity contribution < 1.29 is 0 Å². The Labute approximate surface area is 120 Å². The summed E-state index contributed by atoms with van der Waals surface area (Å²) in [5.41, 5.74) is 8.98. The summed E-state index contributed by atoms with van der Waals surface area (Å²) >= 11 is 0. The number of piperidine rings is 1. The highest BCUT2D eigenvalue weighted by Gasteiger charge is 2.23. The molecule has 0 spiro atoms. The molecule has 2 N–H and O–H groups in total. The van der Waals surface area contributed by atoms with Gasteiger partial charge in [0.25, 0.3) is 0 Å². The van der Waals surface area contributed by atoms with Crippen molar-refractivity contribution in [2.24, 2.45) is 0 Å². The average molecular weight is 272 g/mol. The van der Waals surface area contributed by atoms with Crippen molar-refractivity contribution in [3.63, 3.8) is 0 Å². The summed E-state index contributed by atoms with van der Waals surface area (Å²) in [6.45, 7) is 4.54. The van der Waals surface area contributed by atoms with E-state index < -0.39 is 0 Å². The minimum absolute atomic E-state index is 0.545. The Morgan fingerprint density at radius 2 is 2.25 bits per heavy atom. The van der Waals surface area contributed by atoms with E-state index in [-0.39, 0.29) is 0 Å². The molecule has 1 aliphatic rings. The van der Waals surface area contributed by atoms with Gasteiger partial charge in [0.05, 0.1) is 11.0 Å². The van der Waals surface area contributed by atoms with Gasteiger partial charge in [-0.2, -0.15) is 0 Å². The predicted molar refractivity (Wildman–Crippen MR) is 83.9 cm³/mol. The van der Waals surface area contributed by atoms with Gasteiger partial charge in [-0.05, 0) is 51.1 Å². The number of anilines is 1. The van der Waals surface area contributed by atoms with Gasteiger partial charge in [0.2, 0.25) is 0 Å². The standard InChI is InChI=1S/C16H24N4/c1-3-5-16-18-14-10-12(17)7-8-15(14)20(16)13-6-4-9-19(2)11-13/h7-8,10,13H,3-6,9,11,17H2,1-2H3. The Morgan fingerprint density at radius 3 is 3.00 bits per heavy atom. The number of nitrogens with two attached hydrogens (primary N) is 1. The van der Waals surface area contributed by atoms with Crippen LogP contribution in [0, 0.1) is 0 Å². The molecule has 2 aromatic rings. The molecular formula is C16H24N4. The van der Waals surface area contributed by atoms with E-state index in [4.69, 9.17) is 10.7 Å². The van der Waals surface area contributed by atoms with E-state index in [1.807, 2.05) is 12.1 Å². The zero-order chi connectivity index (χ0) is 14.1. The zero-order valence-electron chi connectivity index (χ0n) is 12.5. The lowest BCUT2D eigenvalue weighted by atomic mass is 10.1. The van der Waals surface area contributed by atoms with Crippen molar-refractivity contribution in [2.75, 3.05) is 25.9 Å². The number of rotatable bonds is 3. The number of likely N-dealkylation sites (N-methyl/N-ethyl adjacent to an activating group) is 1. The fourth-order valence-electron chi connectivity index (χ4n) is 3.32. The first-order chi connectivity index (χ1) is 9.69. The lowest BCUT2D eigenvalue weighted by Gasteiger charge is -2.32. The molecule has 0 saturated carbocycles. The van der Waals surface area contributed by atoms with Crippen LogP contribution in [0.25, 0.3) is 11.0 Å². The molecule has 2 heterocycles. The molecule has 108 valence electrons. The Hall–Kier alpha value is -1.55. The molecule has 1 aromatic heterocycles. The number of aromatic nitrogens is 2. The van der Waals surface area contributed by atoms with Crippen LogP contribution in [0.2, 0.25) is 0 Å². The van der Waals surface area contributed by atoms with Gasteiger partial charge in [0, 0.05) is 24.7 Å². The molecule has 1 unspecified atom stereocenters. The van der Waals surface area contributed by atoms with Crippen LogP contribution in [-0.2, 0) is 6.42 Å². The Morgan fingerprint density at radius 1 is 1.40 bits per heavy atom. The Kier molecular flexibility index (Phi) is 3.66. The Bertz CT molecular complexity index is 602. The third kappa shape index (κ3) is 2.40. The fraction of sp³-hybridized carbons (Fsp3) is 0.562. The highest BCUT2D eigenvalue weighted by molar-refractivity contribution is 5.79. The summed E-state index contributed by atoms with van der Waals surface area (Å²) < 4.78 is 2.47. The average Bonchev–Trinajstić information content (AvgIpc) is 2.76. The van der Waals surface area contributed by atoms with Gasteiger partial charge >= 0.3 is 0 Å². The Balaban J connectivity index is 2.08. The molecule has 3 rings (SSSR count). The molecule has 4 heteroatoms. The maximum Gasteiger partial charge on any atom is 0.110 e. The number of fused-ring (bicyclic) bond motifs is 1. The van der Waals surface area contributed by atoms with Crippen LogP contribution >= 0.6 is 0 Å². The number of nitrogen functional groups attached to an aromatic ring is 1. The summed E-state index contributed by atoms with van der Waals surface area (Å²) in [6, 6.07) is 6.66. The largest absolute Gasteiger partial charge is 0.399 e. The normalized spacial score (nSPS) is 20.6. The molecule has 1 aliphatic heterocycles. The van der Waals surface area contributed by atoms with Gasteiger partial charge in [-0.25, -0.2) is 4.98 Å². The second-order valence-corrected chi connectivity index (χ2v) is 5.95. The highest BCUT2D eigenvalue weighted by Crippen LogP contribution is 2.29. The van der Waals surface area contributed by atoms with E-state index in [0.717, 1.165) is 30.6 Å². The van der Waals surface area contributed by atoms with Crippen LogP contribution in [-0.4, -0.2) is 34.6 Å². The van der Waals surface area contributed by atoms with Crippen LogP contribution in [0.5, 0.6) is 0 Å². The first-order valence-corrected chi connectivity index (χ1v) is 7.64. The molecule has 0 radical (unpaired) electrons. The molecule has 1 fully saturated rings. The predicted octanol–water partition coefficient (Wildman–Crippen LogP) is 2.84. The SMILES string of the molecule is CCCc1nc2cc(N)ccc2n1C1CCCN(C)C1. The maximum atomic E-state index is 5.90. The van der Waals surface area contributed by atoms with Crippen LogP contribution in [0.3, 0.4) is 0 Å². The summed E-state index contributed by atoms with van der Waals surface area (Å²) in [5.74, 6) is 1.22. The van der Waals surface area contributed by atoms with Gasteiger partial charge in [-0.3, -0.25) is 0 Å². The van der Waals surface area contributed by atoms with Crippen molar-refractivity contribution in [3.8, 4) is 0 Å². The monoisotopic (exact) mass is 272 g/mol. The second-order valence-electron chi connectivity index (χ2n) is 5.95. The van der Waals surface area contributed by atoms with Crippen molar-refractivity contribution in [1.29, 1.82) is 0 Å². The summed E-state index contributed by atoms with van der Waals surface area (Å²) in [5, 5.41) is 0. The third-order valence-electron chi connectivity index (χ3n) is 4.22. The van der Waals surface area contributed by atoms with Gasteiger partial charge in [-0.1, -0.05) is 6.92 Å². The number of benzene rings is 1. The minimum Gasteiger partial charge on any atom is -0.399 e. The molecule has 0 amide bonds. The molecule has 1 aromatic carbocycles. The smallest absolute Gasteiger partial charge is 0.110 e. The maximum absolute atomic E-state index is 5.90. The van der Waals surface area contributed by atoms with E-state index in [9.17, 15) is 0 Å². The number of imidazole rings is 1. The van der Waals surface area contributed by atoms with Gasteiger partial charge in [0.1, 0.15) is 5.82 Å². The van der Waals surface area contributed by atoms with Gasteiger partial charge < -0.3 is 15.2 Å². The minimum atomic E-state index is 0.545. The summed E-state index contributed by atoms with van der Waals surface area (Å²) in [4.78, 5) is 7.25. The topological polar surface area (TPSA) is 47.1 Å². The highest BCUT2D eigenvalue weighted by atomic mass is 15.2. The second kappa shape index (κ2) is 5.44. The van der Waals surface area contributed by atoms with E-state index in [1.165, 1.54) is 30.7 Å². The van der Waals surface area contributed by atoms with E-state index in [1.54, 1.807) is 0 Å². The molecular weight excluding hydrogens is 248 g/mol.